The van der Waals surface area contributed by atoms with Crippen molar-refractivity contribution in [3.63, 3.8) is 0 Å². The summed E-state index contributed by atoms with van der Waals surface area (Å²) < 4.78 is 11.6. The molecule has 1 amide bonds. The highest BCUT2D eigenvalue weighted by Crippen LogP contribution is 2.22. The number of carbonyl (C=O) groups is 1. The molecule has 13 heavy (non-hydrogen) atoms. The van der Waals surface area contributed by atoms with Gasteiger partial charge in [0.15, 0.2) is 0 Å². The van der Waals surface area contributed by atoms with Gasteiger partial charge in [-0.2, -0.15) is 0 Å². The van der Waals surface area contributed by atoms with Crippen LogP contribution in [0.4, 0.5) is 9.32 Å². The Morgan fingerprint density at radius 3 is 2.31 bits per heavy atom. The summed E-state index contributed by atoms with van der Waals surface area (Å²) in [6.07, 6.45) is -0.920. The SMILES string of the molecule is O=C(OF)N1Cc2ccccc2C1. The molecule has 0 bridgehead atoms. The summed E-state index contributed by atoms with van der Waals surface area (Å²) in [5.41, 5.74) is 2.10. The first-order valence-corrected chi connectivity index (χ1v) is 3.95. The van der Waals surface area contributed by atoms with E-state index in [2.05, 4.69) is 4.94 Å². The Balaban J connectivity index is 2.18. The van der Waals surface area contributed by atoms with E-state index < -0.39 is 6.09 Å². The van der Waals surface area contributed by atoms with Crippen molar-refractivity contribution in [2.24, 2.45) is 0 Å². The van der Waals surface area contributed by atoms with E-state index in [0.717, 1.165) is 11.1 Å². The summed E-state index contributed by atoms with van der Waals surface area (Å²) >= 11 is 0. The lowest BCUT2D eigenvalue weighted by Gasteiger charge is -2.09. The van der Waals surface area contributed by atoms with Crippen LogP contribution in [-0.4, -0.2) is 11.0 Å². The maximum absolute atomic E-state index is 11.6. The minimum atomic E-state index is -0.920. The Labute approximate surface area is 74.6 Å². The fraction of sp³-hybridized carbons (Fsp3) is 0.222. The van der Waals surface area contributed by atoms with Crippen molar-refractivity contribution in [1.82, 2.24) is 4.90 Å². The second-order valence-corrected chi connectivity index (χ2v) is 2.97. The van der Waals surface area contributed by atoms with Gasteiger partial charge in [0.1, 0.15) is 0 Å². The maximum Gasteiger partial charge on any atom is 0.447 e. The van der Waals surface area contributed by atoms with Crippen LogP contribution in [0.15, 0.2) is 24.3 Å². The highest BCUT2D eigenvalue weighted by Gasteiger charge is 2.24. The number of hydrogen-bond acceptors (Lipinski definition) is 2. The summed E-state index contributed by atoms with van der Waals surface area (Å²) in [7, 11) is 0. The summed E-state index contributed by atoms with van der Waals surface area (Å²) in [4.78, 5) is 15.3. The van der Waals surface area contributed by atoms with Gasteiger partial charge in [-0.05, 0) is 11.1 Å². The van der Waals surface area contributed by atoms with Crippen LogP contribution < -0.4 is 0 Å². The van der Waals surface area contributed by atoms with Crippen LogP contribution in [0.2, 0.25) is 0 Å². The minimum Gasteiger partial charge on any atom is -0.297 e. The normalized spacial score (nSPS) is 14.1. The van der Waals surface area contributed by atoms with Crippen molar-refractivity contribution in [3.05, 3.63) is 35.4 Å². The Morgan fingerprint density at radius 2 is 1.85 bits per heavy atom. The Morgan fingerprint density at radius 1 is 1.31 bits per heavy atom. The summed E-state index contributed by atoms with van der Waals surface area (Å²) in [6, 6.07) is 7.62. The Hall–Kier alpha value is -1.58. The van der Waals surface area contributed by atoms with Gasteiger partial charge in [0.25, 0.3) is 0 Å². The molecular weight excluding hydrogens is 173 g/mol. The number of nitrogens with zero attached hydrogens (tertiary/aromatic N) is 1. The van der Waals surface area contributed by atoms with Gasteiger partial charge in [-0.3, -0.25) is 4.90 Å². The lowest BCUT2D eigenvalue weighted by Crippen LogP contribution is -2.23. The number of benzene rings is 1. The molecule has 1 aliphatic rings. The lowest BCUT2D eigenvalue weighted by molar-refractivity contribution is -0.0803. The first kappa shape index (κ1) is 8.04. The first-order valence-electron chi connectivity index (χ1n) is 3.95. The van der Waals surface area contributed by atoms with Crippen LogP contribution in [0.25, 0.3) is 0 Å². The topological polar surface area (TPSA) is 29.5 Å². The number of fused-ring (bicyclic) bond motifs is 1. The molecule has 0 aliphatic carbocycles. The fourth-order valence-electron chi connectivity index (χ4n) is 1.51. The molecule has 1 aromatic rings. The van der Waals surface area contributed by atoms with Crippen molar-refractivity contribution < 1.29 is 14.3 Å². The third kappa shape index (κ3) is 1.35. The monoisotopic (exact) mass is 181 g/mol. The van der Waals surface area contributed by atoms with Crippen LogP contribution >= 0.6 is 0 Å². The van der Waals surface area contributed by atoms with E-state index in [1.807, 2.05) is 24.3 Å². The van der Waals surface area contributed by atoms with Gasteiger partial charge in [-0.15, -0.1) is 0 Å². The Kier molecular flexibility index (Phi) is 1.88. The number of halogens is 1. The van der Waals surface area contributed by atoms with Crippen molar-refractivity contribution >= 4 is 6.09 Å². The second kappa shape index (κ2) is 3.05. The van der Waals surface area contributed by atoms with Crippen LogP contribution in [0.3, 0.4) is 0 Å². The van der Waals surface area contributed by atoms with Crippen molar-refractivity contribution in [1.29, 1.82) is 0 Å². The average Bonchev–Trinajstić information content (AvgIpc) is 2.59. The van der Waals surface area contributed by atoms with Gasteiger partial charge in [0, 0.05) is 17.6 Å². The maximum atomic E-state index is 11.6. The molecule has 1 heterocycles. The molecule has 0 aromatic heterocycles. The molecule has 1 aliphatic heterocycles. The van der Waals surface area contributed by atoms with Crippen molar-refractivity contribution in [2.75, 3.05) is 0 Å². The van der Waals surface area contributed by atoms with Crippen LogP contribution in [0.5, 0.6) is 0 Å². The highest BCUT2D eigenvalue weighted by atomic mass is 19.3. The molecule has 0 saturated carbocycles. The third-order valence-electron chi connectivity index (χ3n) is 2.16. The van der Waals surface area contributed by atoms with E-state index >= 15 is 0 Å². The highest BCUT2D eigenvalue weighted by molar-refractivity contribution is 5.68. The molecule has 68 valence electrons. The van der Waals surface area contributed by atoms with E-state index in [1.54, 1.807) is 0 Å². The number of amides is 1. The van der Waals surface area contributed by atoms with Crippen LogP contribution in [-0.2, 0) is 18.0 Å². The van der Waals surface area contributed by atoms with E-state index in [-0.39, 0.29) is 0 Å². The smallest absolute Gasteiger partial charge is 0.297 e. The van der Waals surface area contributed by atoms with Crippen LogP contribution in [0, 0.1) is 0 Å². The van der Waals surface area contributed by atoms with Gasteiger partial charge in [0.2, 0.25) is 0 Å². The fourth-order valence-corrected chi connectivity index (χ4v) is 1.51. The largest absolute Gasteiger partial charge is 0.447 e. The molecular formula is C9H8FNO2. The zero-order valence-corrected chi connectivity index (χ0v) is 6.87. The molecule has 0 saturated heterocycles. The molecule has 4 heteroatoms. The minimum absolute atomic E-state index is 0.429. The predicted octanol–water partition coefficient (Wildman–Crippen LogP) is 2.02. The molecule has 0 radical (unpaired) electrons. The van der Waals surface area contributed by atoms with Gasteiger partial charge < -0.3 is 0 Å². The van der Waals surface area contributed by atoms with Gasteiger partial charge in [-0.25, -0.2) is 9.74 Å². The molecule has 0 unspecified atom stereocenters. The van der Waals surface area contributed by atoms with E-state index in [1.165, 1.54) is 4.90 Å². The number of carbonyl (C=O) groups excluding carboxylic acids is 1. The lowest BCUT2D eigenvalue weighted by atomic mass is 10.1. The summed E-state index contributed by atoms with van der Waals surface area (Å²) in [6.45, 7) is 0.859. The Bertz CT molecular complexity index is 315. The molecule has 0 N–H and O–H groups in total. The van der Waals surface area contributed by atoms with E-state index in [9.17, 15) is 9.32 Å². The molecule has 0 atom stereocenters. The van der Waals surface area contributed by atoms with Crippen molar-refractivity contribution in [2.45, 2.75) is 13.1 Å². The van der Waals surface area contributed by atoms with Gasteiger partial charge >= 0.3 is 6.09 Å². The molecule has 0 fully saturated rings. The number of hydrogen-bond donors (Lipinski definition) is 0. The van der Waals surface area contributed by atoms with E-state index in [4.69, 9.17) is 0 Å². The van der Waals surface area contributed by atoms with Gasteiger partial charge in [0.05, 0.1) is 0 Å². The zero-order valence-electron chi connectivity index (χ0n) is 6.87. The molecule has 2 rings (SSSR count). The summed E-state index contributed by atoms with van der Waals surface area (Å²) in [5.74, 6) is 0. The predicted molar refractivity (Wildman–Crippen MR) is 43.3 cm³/mol. The molecule has 0 spiro atoms. The molecule has 1 aromatic carbocycles. The second-order valence-electron chi connectivity index (χ2n) is 2.97. The average molecular weight is 181 g/mol. The molecule has 3 nitrogen and oxygen atoms in total. The number of rotatable bonds is 0. The first-order chi connectivity index (χ1) is 6.31. The quantitative estimate of drug-likeness (QED) is 0.612. The van der Waals surface area contributed by atoms with Crippen molar-refractivity contribution in [3.8, 4) is 0 Å². The third-order valence-corrected chi connectivity index (χ3v) is 2.16. The van der Waals surface area contributed by atoms with Crippen LogP contribution in [0.1, 0.15) is 11.1 Å². The van der Waals surface area contributed by atoms with E-state index in [0.29, 0.717) is 13.1 Å². The van der Waals surface area contributed by atoms with Gasteiger partial charge in [-0.1, -0.05) is 24.3 Å². The standard InChI is InChI=1S/C9H8FNO2/c10-13-9(12)11-5-7-3-1-2-4-8(7)6-11/h1-4H,5-6H2. The summed E-state index contributed by atoms with van der Waals surface area (Å²) in [5, 5.41) is 0. The zero-order chi connectivity index (χ0) is 9.26.